The van der Waals surface area contributed by atoms with Crippen LogP contribution in [0.4, 0.5) is 5.69 Å². The van der Waals surface area contributed by atoms with Crippen LogP contribution in [0.2, 0.25) is 0 Å². The van der Waals surface area contributed by atoms with Gasteiger partial charge in [-0.15, -0.1) is 0 Å². The van der Waals surface area contributed by atoms with Gasteiger partial charge in [-0.1, -0.05) is 36.4 Å². The summed E-state index contributed by atoms with van der Waals surface area (Å²) >= 11 is 0. The third-order valence-corrected chi connectivity index (χ3v) is 4.06. The Kier molecular flexibility index (Phi) is 5.49. The molecule has 0 radical (unpaired) electrons. The number of carbonyl (C=O) groups is 1. The number of rotatable bonds is 6. The van der Waals surface area contributed by atoms with E-state index >= 15 is 0 Å². The van der Waals surface area contributed by atoms with Crippen LogP contribution in [-0.4, -0.2) is 25.3 Å². The molecule has 132 valence electrons. The number of carbonyl (C=O) groups excluding carboxylic acids is 1. The Hall–Kier alpha value is -3.34. The van der Waals surface area contributed by atoms with Crippen molar-refractivity contribution in [3.05, 3.63) is 72.3 Å². The van der Waals surface area contributed by atoms with E-state index in [1.807, 2.05) is 49.4 Å². The Morgan fingerprint density at radius 3 is 2.46 bits per heavy atom. The maximum atomic E-state index is 12.0. The number of nitrogens with one attached hydrogen (secondary N) is 2. The number of hydrogen-bond donors (Lipinski definition) is 2. The first-order valence-electron chi connectivity index (χ1n) is 8.36. The summed E-state index contributed by atoms with van der Waals surface area (Å²) in [6.07, 6.45) is 0. The van der Waals surface area contributed by atoms with Crippen molar-refractivity contribution < 1.29 is 9.53 Å². The van der Waals surface area contributed by atoms with Gasteiger partial charge in [0.05, 0.1) is 19.4 Å². The van der Waals surface area contributed by atoms with E-state index in [4.69, 9.17) is 4.74 Å². The maximum absolute atomic E-state index is 12.0. The molecule has 0 aromatic heterocycles. The maximum Gasteiger partial charge on any atom is 0.259 e. The molecule has 0 atom stereocenters. The van der Waals surface area contributed by atoms with E-state index in [0.29, 0.717) is 0 Å². The highest BCUT2D eigenvalue weighted by molar-refractivity contribution is 6.02. The van der Waals surface area contributed by atoms with Crippen LogP contribution in [0.5, 0.6) is 5.75 Å². The first-order valence-corrected chi connectivity index (χ1v) is 8.36. The van der Waals surface area contributed by atoms with E-state index in [1.165, 1.54) is 5.39 Å². The molecule has 0 saturated heterocycles. The summed E-state index contributed by atoms with van der Waals surface area (Å²) in [5, 5.41) is 9.57. The second kappa shape index (κ2) is 8.16. The molecular weight excluding hydrogens is 326 g/mol. The van der Waals surface area contributed by atoms with Gasteiger partial charge >= 0.3 is 0 Å². The molecule has 1 amide bonds. The van der Waals surface area contributed by atoms with Crippen LogP contribution in [0.1, 0.15) is 12.5 Å². The average molecular weight is 347 g/mol. The van der Waals surface area contributed by atoms with Crippen LogP contribution in [0, 0.1) is 0 Å². The van der Waals surface area contributed by atoms with E-state index < -0.39 is 0 Å². The molecule has 0 aliphatic rings. The highest BCUT2D eigenvalue weighted by Gasteiger charge is 2.03. The highest BCUT2D eigenvalue weighted by atomic mass is 16.5. The molecule has 26 heavy (non-hydrogen) atoms. The molecule has 0 heterocycles. The molecule has 0 aliphatic carbocycles. The van der Waals surface area contributed by atoms with E-state index in [9.17, 15) is 4.79 Å². The van der Waals surface area contributed by atoms with Crippen molar-refractivity contribution in [3.63, 3.8) is 0 Å². The van der Waals surface area contributed by atoms with E-state index in [2.05, 4.69) is 40.1 Å². The normalized spacial score (nSPS) is 11.2. The summed E-state index contributed by atoms with van der Waals surface area (Å²) in [6, 6.07) is 21.7. The van der Waals surface area contributed by atoms with Gasteiger partial charge in [0.15, 0.2) is 0 Å². The second-order valence-corrected chi connectivity index (χ2v) is 5.88. The lowest BCUT2D eigenvalue weighted by Crippen LogP contribution is -2.26. The molecule has 0 spiro atoms. The quantitative estimate of drug-likeness (QED) is 0.527. The number of methoxy groups -OCH3 is 1. The number of hydrazone groups is 1. The third-order valence-electron chi connectivity index (χ3n) is 4.06. The molecule has 0 bridgehead atoms. The predicted octanol–water partition coefficient (Wildman–Crippen LogP) is 3.80. The minimum atomic E-state index is -0.207. The van der Waals surface area contributed by atoms with E-state index in [1.54, 1.807) is 7.11 Å². The third kappa shape index (κ3) is 4.39. The van der Waals surface area contributed by atoms with Gasteiger partial charge in [0.25, 0.3) is 5.91 Å². The lowest BCUT2D eigenvalue weighted by atomic mass is 10.0. The van der Waals surface area contributed by atoms with Crippen LogP contribution in [0.25, 0.3) is 10.8 Å². The van der Waals surface area contributed by atoms with Crippen molar-refractivity contribution in [1.29, 1.82) is 0 Å². The number of ether oxygens (including phenoxy) is 1. The van der Waals surface area contributed by atoms with Crippen molar-refractivity contribution in [1.82, 2.24) is 5.43 Å². The van der Waals surface area contributed by atoms with E-state index in [-0.39, 0.29) is 12.5 Å². The van der Waals surface area contributed by atoms with Crippen LogP contribution in [0.3, 0.4) is 0 Å². The molecule has 3 aromatic rings. The van der Waals surface area contributed by atoms with E-state index in [0.717, 1.165) is 28.1 Å². The summed E-state index contributed by atoms with van der Waals surface area (Å²) < 4.78 is 5.10. The van der Waals surface area contributed by atoms with Crippen molar-refractivity contribution in [3.8, 4) is 5.75 Å². The number of anilines is 1. The van der Waals surface area contributed by atoms with Crippen molar-refractivity contribution in [2.24, 2.45) is 5.10 Å². The van der Waals surface area contributed by atoms with Gasteiger partial charge in [-0.25, -0.2) is 5.43 Å². The minimum absolute atomic E-state index is 0.140. The molecule has 5 heteroatoms. The SMILES string of the molecule is COc1ccc(NCC(=O)N/N=C(\C)c2ccc3ccccc3c2)cc1. The first kappa shape index (κ1) is 17.5. The van der Waals surface area contributed by atoms with Gasteiger partial charge in [0.1, 0.15) is 5.75 Å². The standard InChI is InChI=1S/C21H21N3O2/c1-15(17-8-7-16-5-3-4-6-18(16)13-17)23-24-21(25)14-22-19-9-11-20(26-2)12-10-19/h3-13,22H,14H2,1-2H3,(H,24,25)/b23-15+. The summed E-state index contributed by atoms with van der Waals surface area (Å²) in [6.45, 7) is 2.02. The molecule has 0 unspecified atom stereocenters. The molecule has 0 fully saturated rings. The Labute approximate surface area is 152 Å². The van der Waals surface area contributed by atoms with Gasteiger partial charge in [-0.3, -0.25) is 4.79 Å². The number of amides is 1. The molecule has 3 rings (SSSR count). The van der Waals surface area contributed by atoms with Crippen molar-refractivity contribution in [2.45, 2.75) is 6.92 Å². The Morgan fingerprint density at radius 2 is 1.73 bits per heavy atom. The lowest BCUT2D eigenvalue weighted by molar-refractivity contribution is -0.119. The summed E-state index contributed by atoms with van der Waals surface area (Å²) in [5.41, 5.74) is 5.16. The second-order valence-electron chi connectivity index (χ2n) is 5.88. The Bertz CT molecular complexity index is 933. The van der Waals surface area contributed by atoms with Crippen molar-refractivity contribution >= 4 is 28.1 Å². The number of hydrogen-bond acceptors (Lipinski definition) is 4. The van der Waals surface area contributed by atoms with Gasteiger partial charge in [-0.2, -0.15) is 5.10 Å². The number of benzene rings is 3. The highest BCUT2D eigenvalue weighted by Crippen LogP contribution is 2.16. The molecule has 5 nitrogen and oxygen atoms in total. The smallest absolute Gasteiger partial charge is 0.259 e. The molecule has 0 saturated carbocycles. The topological polar surface area (TPSA) is 62.7 Å². The monoisotopic (exact) mass is 347 g/mol. The Balaban J connectivity index is 1.57. The van der Waals surface area contributed by atoms with Gasteiger partial charge in [0, 0.05) is 5.69 Å². The average Bonchev–Trinajstić information content (AvgIpc) is 2.70. The molecule has 3 aromatic carbocycles. The zero-order valence-electron chi connectivity index (χ0n) is 14.8. The predicted molar refractivity (Wildman–Crippen MR) is 106 cm³/mol. The fourth-order valence-corrected chi connectivity index (χ4v) is 2.56. The van der Waals surface area contributed by atoms with Crippen LogP contribution in [0.15, 0.2) is 71.8 Å². The first-order chi connectivity index (χ1) is 12.7. The minimum Gasteiger partial charge on any atom is -0.497 e. The molecule has 0 aliphatic heterocycles. The number of nitrogens with zero attached hydrogens (tertiary/aromatic N) is 1. The largest absolute Gasteiger partial charge is 0.497 e. The fraction of sp³-hybridized carbons (Fsp3) is 0.143. The lowest BCUT2D eigenvalue weighted by Gasteiger charge is -2.07. The number of fused-ring (bicyclic) bond motifs is 1. The summed E-state index contributed by atoms with van der Waals surface area (Å²) in [5.74, 6) is 0.566. The van der Waals surface area contributed by atoms with Gasteiger partial charge in [-0.05, 0) is 53.6 Å². The van der Waals surface area contributed by atoms with Crippen molar-refractivity contribution in [2.75, 3.05) is 19.0 Å². The van der Waals surface area contributed by atoms with Crippen LogP contribution in [-0.2, 0) is 4.79 Å². The van der Waals surface area contributed by atoms with Gasteiger partial charge in [0.2, 0.25) is 0 Å². The summed E-state index contributed by atoms with van der Waals surface area (Å²) in [4.78, 5) is 12.0. The van der Waals surface area contributed by atoms with Crippen LogP contribution < -0.4 is 15.5 Å². The zero-order valence-corrected chi connectivity index (χ0v) is 14.8. The van der Waals surface area contributed by atoms with Gasteiger partial charge < -0.3 is 10.1 Å². The fourth-order valence-electron chi connectivity index (χ4n) is 2.56. The Morgan fingerprint density at radius 1 is 1.00 bits per heavy atom. The van der Waals surface area contributed by atoms with Crippen LogP contribution >= 0.6 is 0 Å². The summed E-state index contributed by atoms with van der Waals surface area (Å²) in [7, 11) is 1.62. The zero-order chi connectivity index (χ0) is 18.4. The molecular formula is C21H21N3O2. The molecule has 2 N–H and O–H groups in total.